The molecule has 3 aromatic rings. The maximum atomic E-state index is 13.3. The van der Waals surface area contributed by atoms with Crippen molar-refractivity contribution in [3.05, 3.63) is 56.7 Å². The summed E-state index contributed by atoms with van der Waals surface area (Å²) in [5.41, 5.74) is -1.40. The summed E-state index contributed by atoms with van der Waals surface area (Å²) in [6.07, 6.45) is 0.750. The first-order valence-corrected chi connectivity index (χ1v) is 10.00. The van der Waals surface area contributed by atoms with Gasteiger partial charge in [0.25, 0.3) is 11.5 Å². The first kappa shape index (κ1) is 22.2. The molecule has 0 bridgehead atoms. The molecule has 2 aromatic heterocycles. The van der Waals surface area contributed by atoms with Crippen LogP contribution in [0.2, 0.25) is 0 Å². The van der Waals surface area contributed by atoms with E-state index in [1.807, 2.05) is 0 Å². The molecule has 0 radical (unpaired) electrons. The van der Waals surface area contributed by atoms with E-state index in [0.717, 1.165) is 35.2 Å². The maximum Gasteiger partial charge on any atom is 0.337 e. The third kappa shape index (κ3) is 4.66. The number of rotatable bonds is 8. The minimum atomic E-state index is -0.705. The predicted octanol–water partition coefficient (Wildman–Crippen LogP) is 0.475. The van der Waals surface area contributed by atoms with Crippen LogP contribution in [0.5, 0.6) is 0 Å². The number of fused-ring (bicyclic) bond motifs is 1. The second-order valence-corrected chi connectivity index (χ2v) is 6.90. The number of nitrogens with zero attached hydrogens (tertiary/aromatic N) is 6. The quantitative estimate of drug-likeness (QED) is 0.518. The SMILES string of the molecule is CCN(CC)CCCNC(=O)c1nnc2c(n1)c(=O)n(C)c(=O)n2-c1ccc(F)cc1. The first-order valence-electron chi connectivity index (χ1n) is 10.00. The molecule has 0 aliphatic rings. The molecule has 1 aromatic carbocycles. The van der Waals surface area contributed by atoms with Gasteiger partial charge >= 0.3 is 5.69 Å². The number of benzene rings is 1. The Morgan fingerprint density at radius 1 is 1.13 bits per heavy atom. The highest BCUT2D eigenvalue weighted by molar-refractivity contribution is 5.91. The molecular weight excluding hydrogens is 405 g/mol. The number of nitrogens with one attached hydrogen (secondary N) is 1. The average molecular weight is 429 g/mol. The summed E-state index contributed by atoms with van der Waals surface area (Å²) in [6.45, 7) is 7.27. The molecule has 11 heteroatoms. The number of hydrogen-bond acceptors (Lipinski definition) is 7. The number of amides is 1. The minimum absolute atomic E-state index is 0.113. The zero-order valence-corrected chi connectivity index (χ0v) is 17.6. The van der Waals surface area contributed by atoms with E-state index in [-0.39, 0.29) is 22.7 Å². The van der Waals surface area contributed by atoms with Crippen LogP contribution in [0.3, 0.4) is 0 Å². The van der Waals surface area contributed by atoms with Gasteiger partial charge in [-0.3, -0.25) is 14.2 Å². The summed E-state index contributed by atoms with van der Waals surface area (Å²) in [6, 6.07) is 5.11. The molecule has 0 unspecified atom stereocenters. The van der Waals surface area contributed by atoms with Crippen molar-refractivity contribution >= 4 is 17.1 Å². The Morgan fingerprint density at radius 3 is 2.45 bits per heavy atom. The maximum absolute atomic E-state index is 13.3. The zero-order valence-electron chi connectivity index (χ0n) is 17.6. The van der Waals surface area contributed by atoms with E-state index in [1.165, 1.54) is 31.3 Å². The van der Waals surface area contributed by atoms with Crippen molar-refractivity contribution in [3.63, 3.8) is 0 Å². The molecule has 0 atom stereocenters. The molecule has 0 fully saturated rings. The fourth-order valence-corrected chi connectivity index (χ4v) is 3.14. The Labute approximate surface area is 177 Å². The largest absolute Gasteiger partial charge is 0.349 e. The molecule has 10 nitrogen and oxygen atoms in total. The van der Waals surface area contributed by atoms with E-state index < -0.39 is 23.0 Å². The summed E-state index contributed by atoms with van der Waals surface area (Å²) in [4.78, 5) is 43.9. The molecule has 164 valence electrons. The summed E-state index contributed by atoms with van der Waals surface area (Å²) >= 11 is 0. The van der Waals surface area contributed by atoms with Crippen LogP contribution in [-0.2, 0) is 7.05 Å². The minimum Gasteiger partial charge on any atom is -0.349 e. The van der Waals surface area contributed by atoms with E-state index in [1.54, 1.807) is 0 Å². The monoisotopic (exact) mass is 429 g/mol. The molecule has 2 heterocycles. The van der Waals surface area contributed by atoms with Gasteiger partial charge in [-0.2, -0.15) is 0 Å². The lowest BCUT2D eigenvalue weighted by Gasteiger charge is -2.17. The van der Waals surface area contributed by atoms with Crippen molar-refractivity contribution < 1.29 is 9.18 Å². The van der Waals surface area contributed by atoms with Crippen molar-refractivity contribution in [1.82, 2.24) is 34.5 Å². The van der Waals surface area contributed by atoms with Crippen molar-refractivity contribution in [3.8, 4) is 5.69 Å². The number of carbonyl (C=O) groups is 1. The van der Waals surface area contributed by atoms with Gasteiger partial charge in [-0.15, -0.1) is 10.2 Å². The van der Waals surface area contributed by atoms with Crippen LogP contribution in [0.1, 0.15) is 30.9 Å². The lowest BCUT2D eigenvalue weighted by molar-refractivity contribution is 0.0940. The molecule has 0 saturated carbocycles. The Balaban J connectivity index is 1.92. The van der Waals surface area contributed by atoms with Gasteiger partial charge in [-0.25, -0.2) is 18.7 Å². The first-order chi connectivity index (χ1) is 14.9. The molecule has 31 heavy (non-hydrogen) atoms. The van der Waals surface area contributed by atoms with Gasteiger partial charge in [0, 0.05) is 13.6 Å². The fraction of sp³-hybridized carbons (Fsp3) is 0.400. The summed E-state index contributed by atoms with van der Waals surface area (Å²) in [7, 11) is 1.29. The van der Waals surface area contributed by atoms with Gasteiger partial charge in [0.05, 0.1) is 5.69 Å². The topological polar surface area (TPSA) is 115 Å². The Bertz CT molecular complexity index is 1200. The van der Waals surface area contributed by atoms with Crippen molar-refractivity contribution in [2.45, 2.75) is 20.3 Å². The van der Waals surface area contributed by atoms with Crippen LogP contribution in [-0.4, -0.2) is 61.3 Å². The highest BCUT2D eigenvalue weighted by atomic mass is 19.1. The molecule has 0 saturated heterocycles. The van der Waals surface area contributed by atoms with Gasteiger partial charge in [0.15, 0.2) is 11.2 Å². The van der Waals surface area contributed by atoms with Crippen LogP contribution in [0.15, 0.2) is 33.9 Å². The zero-order chi connectivity index (χ0) is 22.5. The molecule has 3 rings (SSSR count). The van der Waals surface area contributed by atoms with Crippen molar-refractivity contribution in [2.75, 3.05) is 26.2 Å². The lowest BCUT2D eigenvalue weighted by atomic mass is 10.3. The van der Waals surface area contributed by atoms with E-state index >= 15 is 0 Å². The van der Waals surface area contributed by atoms with Crippen LogP contribution in [0, 0.1) is 5.82 Å². The smallest absolute Gasteiger partial charge is 0.337 e. The lowest BCUT2D eigenvalue weighted by Crippen LogP contribution is -2.39. The number of halogens is 1. The Hall–Kier alpha value is -3.47. The van der Waals surface area contributed by atoms with Crippen LogP contribution in [0.25, 0.3) is 16.9 Å². The predicted molar refractivity (Wildman–Crippen MR) is 113 cm³/mol. The van der Waals surface area contributed by atoms with E-state index in [2.05, 4.69) is 39.2 Å². The Morgan fingerprint density at radius 2 is 1.81 bits per heavy atom. The molecular formula is C20H24FN7O3. The molecule has 0 spiro atoms. The molecule has 1 N–H and O–H groups in total. The van der Waals surface area contributed by atoms with Crippen LogP contribution in [0.4, 0.5) is 4.39 Å². The number of hydrogen-bond donors (Lipinski definition) is 1. The standard InChI is InChI=1S/C20H24FN7O3/c1-4-27(5-2)12-6-11-22-18(29)16-23-15-17(25-24-16)28(20(31)26(3)19(15)30)14-9-7-13(21)8-10-14/h7-10H,4-6,11-12H2,1-3H3,(H,22,29). The van der Waals surface area contributed by atoms with Gasteiger partial charge < -0.3 is 10.2 Å². The summed E-state index contributed by atoms with van der Waals surface area (Å²) in [5, 5.41) is 10.4. The van der Waals surface area contributed by atoms with Crippen LogP contribution < -0.4 is 16.6 Å². The number of carbonyl (C=O) groups excluding carboxylic acids is 1. The average Bonchev–Trinajstić information content (AvgIpc) is 2.78. The van der Waals surface area contributed by atoms with Crippen molar-refractivity contribution in [1.29, 1.82) is 0 Å². The summed E-state index contributed by atoms with van der Waals surface area (Å²) < 4.78 is 15.2. The van der Waals surface area contributed by atoms with Crippen LogP contribution >= 0.6 is 0 Å². The van der Waals surface area contributed by atoms with E-state index in [9.17, 15) is 18.8 Å². The normalized spacial score (nSPS) is 11.3. The van der Waals surface area contributed by atoms with Gasteiger partial charge in [0.2, 0.25) is 5.82 Å². The highest BCUT2D eigenvalue weighted by Gasteiger charge is 2.19. The molecule has 0 aliphatic carbocycles. The fourth-order valence-electron chi connectivity index (χ4n) is 3.14. The van der Waals surface area contributed by atoms with Crippen molar-refractivity contribution in [2.24, 2.45) is 7.05 Å². The van der Waals surface area contributed by atoms with E-state index in [4.69, 9.17) is 0 Å². The second-order valence-electron chi connectivity index (χ2n) is 6.90. The summed E-state index contributed by atoms with van der Waals surface area (Å²) in [5.74, 6) is -1.30. The van der Waals surface area contributed by atoms with Gasteiger partial charge in [-0.05, 0) is 50.3 Å². The van der Waals surface area contributed by atoms with E-state index in [0.29, 0.717) is 6.54 Å². The van der Waals surface area contributed by atoms with Gasteiger partial charge in [-0.1, -0.05) is 13.8 Å². The Kier molecular flexibility index (Phi) is 6.85. The number of aromatic nitrogens is 5. The third-order valence-electron chi connectivity index (χ3n) is 4.99. The third-order valence-corrected chi connectivity index (χ3v) is 4.99. The molecule has 1 amide bonds. The van der Waals surface area contributed by atoms with Gasteiger partial charge in [0.1, 0.15) is 5.82 Å². The second kappa shape index (κ2) is 9.56. The molecule has 0 aliphatic heterocycles. The highest BCUT2D eigenvalue weighted by Crippen LogP contribution is 2.11.